The van der Waals surface area contributed by atoms with Crippen molar-refractivity contribution in [1.29, 1.82) is 0 Å². The van der Waals surface area contributed by atoms with E-state index in [2.05, 4.69) is 15.3 Å². The van der Waals surface area contributed by atoms with Gasteiger partial charge < -0.3 is 4.40 Å². The number of aromatic nitrogens is 4. The van der Waals surface area contributed by atoms with Crippen LogP contribution >= 0.6 is 12.2 Å². The zero-order valence-corrected chi connectivity index (χ0v) is 16.7. The van der Waals surface area contributed by atoms with Crippen LogP contribution in [0.2, 0.25) is 0 Å². The summed E-state index contributed by atoms with van der Waals surface area (Å²) in [5.41, 5.74) is 3.36. The highest BCUT2D eigenvalue weighted by molar-refractivity contribution is 7.71. The number of hydrogen-bond donors (Lipinski definition) is 1. The van der Waals surface area contributed by atoms with Crippen LogP contribution < -0.4 is 0 Å². The third kappa shape index (κ3) is 3.31. The van der Waals surface area contributed by atoms with Crippen molar-refractivity contribution in [2.24, 2.45) is 5.10 Å². The SMILES string of the molecule is CCc1n[nH]c(=S)n1/N=C\c1c(C)c(C(=O)c2ccc(F)cc2)n2ccccc12. The summed E-state index contributed by atoms with van der Waals surface area (Å²) in [7, 11) is 0. The molecule has 146 valence electrons. The Kier molecular flexibility index (Phi) is 4.94. The van der Waals surface area contributed by atoms with Gasteiger partial charge >= 0.3 is 0 Å². The number of fused-ring (bicyclic) bond motifs is 1. The Balaban J connectivity index is 1.86. The highest BCUT2D eigenvalue weighted by Gasteiger charge is 2.21. The number of aromatic amines is 1. The van der Waals surface area contributed by atoms with E-state index in [9.17, 15) is 9.18 Å². The molecule has 4 aromatic rings. The average Bonchev–Trinajstić information content (AvgIpc) is 3.22. The molecule has 0 radical (unpaired) electrons. The Labute approximate surface area is 171 Å². The van der Waals surface area contributed by atoms with Gasteiger partial charge in [-0.1, -0.05) is 13.0 Å². The number of rotatable bonds is 5. The van der Waals surface area contributed by atoms with Crippen molar-refractivity contribution in [3.63, 3.8) is 0 Å². The second-order valence-corrected chi connectivity index (χ2v) is 6.92. The highest BCUT2D eigenvalue weighted by atomic mass is 32.1. The van der Waals surface area contributed by atoms with Gasteiger partial charge in [-0.05, 0) is 61.1 Å². The van der Waals surface area contributed by atoms with Crippen LogP contribution in [0.25, 0.3) is 5.52 Å². The lowest BCUT2D eigenvalue weighted by atomic mass is 10.0. The number of aryl methyl sites for hydroxylation is 1. The van der Waals surface area contributed by atoms with Crippen LogP contribution in [-0.2, 0) is 6.42 Å². The summed E-state index contributed by atoms with van der Waals surface area (Å²) in [6.45, 7) is 3.84. The maximum absolute atomic E-state index is 13.3. The van der Waals surface area contributed by atoms with Gasteiger partial charge in [0.15, 0.2) is 5.82 Å². The molecule has 0 atom stereocenters. The second kappa shape index (κ2) is 7.56. The predicted octanol–water partition coefficient (Wildman–Crippen LogP) is 4.32. The lowest BCUT2D eigenvalue weighted by molar-refractivity contribution is 0.103. The van der Waals surface area contributed by atoms with Crippen LogP contribution in [0.5, 0.6) is 0 Å². The number of hydrogen-bond acceptors (Lipinski definition) is 4. The van der Waals surface area contributed by atoms with Gasteiger partial charge in [0.1, 0.15) is 5.82 Å². The maximum atomic E-state index is 13.3. The molecule has 8 heteroatoms. The molecule has 0 fully saturated rings. The first-order chi connectivity index (χ1) is 14.0. The van der Waals surface area contributed by atoms with Crippen LogP contribution in [-0.4, -0.2) is 31.3 Å². The first-order valence-electron chi connectivity index (χ1n) is 9.11. The minimum atomic E-state index is -0.380. The van der Waals surface area contributed by atoms with E-state index in [1.54, 1.807) is 10.9 Å². The molecule has 1 aromatic carbocycles. The van der Waals surface area contributed by atoms with Gasteiger partial charge in [-0.25, -0.2) is 4.39 Å². The van der Waals surface area contributed by atoms with Crippen molar-refractivity contribution in [2.45, 2.75) is 20.3 Å². The fourth-order valence-electron chi connectivity index (χ4n) is 3.33. The van der Waals surface area contributed by atoms with Gasteiger partial charge in [0, 0.05) is 23.7 Å². The van der Waals surface area contributed by atoms with Crippen molar-refractivity contribution in [1.82, 2.24) is 19.3 Å². The number of carbonyl (C=O) groups excluding carboxylic acids is 1. The van der Waals surface area contributed by atoms with Gasteiger partial charge in [-0.2, -0.15) is 14.9 Å². The third-order valence-corrected chi connectivity index (χ3v) is 5.06. The minimum Gasteiger partial charge on any atom is -0.313 e. The quantitative estimate of drug-likeness (QED) is 0.304. The normalized spacial score (nSPS) is 11.6. The first-order valence-corrected chi connectivity index (χ1v) is 9.52. The Morgan fingerprint density at radius 1 is 1.28 bits per heavy atom. The lowest BCUT2D eigenvalue weighted by Crippen LogP contribution is -2.07. The lowest BCUT2D eigenvalue weighted by Gasteiger charge is -2.04. The maximum Gasteiger partial charge on any atom is 0.216 e. The number of nitrogens with zero attached hydrogens (tertiary/aromatic N) is 4. The molecule has 4 rings (SSSR count). The fraction of sp³-hybridized carbons (Fsp3) is 0.143. The topological polar surface area (TPSA) is 67.5 Å². The molecule has 0 aliphatic heterocycles. The Hall–Kier alpha value is -3.39. The molecule has 0 spiro atoms. The van der Waals surface area contributed by atoms with Crippen molar-refractivity contribution in [3.8, 4) is 0 Å². The smallest absolute Gasteiger partial charge is 0.216 e. The zero-order valence-electron chi connectivity index (χ0n) is 15.9. The van der Waals surface area contributed by atoms with Crippen molar-refractivity contribution in [3.05, 3.63) is 87.5 Å². The number of ketones is 1. The molecule has 0 aliphatic carbocycles. The summed E-state index contributed by atoms with van der Waals surface area (Å²) in [5.74, 6) is 0.155. The number of pyridine rings is 1. The van der Waals surface area contributed by atoms with E-state index in [1.807, 2.05) is 42.6 Å². The minimum absolute atomic E-state index is 0.183. The van der Waals surface area contributed by atoms with Gasteiger partial charge in [0.05, 0.1) is 17.4 Å². The average molecular weight is 407 g/mol. The summed E-state index contributed by atoms with van der Waals surface area (Å²) in [5, 5.41) is 11.4. The summed E-state index contributed by atoms with van der Waals surface area (Å²) in [4.78, 5) is 13.2. The van der Waals surface area contributed by atoms with E-state index >= 15 is 0 Å². The number of H-pyrrole nitrogens is 1. The van der Waals surface area contributed by atoms with Crippen LogP contribution in [0, 0.1) is 17.5 Å². The van der Waals surface area contributed by atoms with E-state index < -0.39 is 0 Å². The molecule has 6 nitrogen and oxygen atoms in total. The predicted molar refractivity (Wildman–Crippen MR) is 112 cm³/mol. The number of halogens is 1. The molecule has 0 amide bonds. The Morgan fingerprint density at radius 2 is 2.03 bits per heavy atom. The molecule has 29 heavy (non-hydrogen) atoms. The fourth-order valence-corrected chi connectivity index (χ4v) is 3.52. The molecule has 1 N–H and O–H groups in total. The van der Waals surface area contributed by atoms with Crippen LogP contribution in [0.1, 0.15) is 39.9 Å². The van der Waals surface area contributed by atoms with Gasteiger partial charge in [0.25, 0.3) is 0 Å². The summed E-state index contributed by atoms with van der Waals surface area (Å²) < 4.78 is 17.1. The third-order valence-electron chi connectivity index (χ3n) is 4.79. The van der Waals surface area contributed by atoms with Gasteiger partial charge in [0.2, 0.25) is 10.6 Å². The zero-order chi connectivity index (χ0) is 20.5. The van der Waals surface area contributed by atoms with E-state index in [4.69, 9.17) is 12.2 Å². The van der Waals surface area contributed by atoms with E-state index in [1.165, 1.54) is 24.3 Å². The van der Waals surface area contributed by atoms with Crippen molar-refractivity contribution < 1.29 is 9.18 Å². The van der Waals surface area contributed by atoms with Crippen molar-refractivity contribution in [2.75, 3.05) is 0 Å². The number of nitrogens with one attached hydrogen (secondary N) is 1. The molecule has 0 saturated heterocycles. The first kappa shape index (κ1) is 18.9. The largest absolute Gasteiger partial charge is 0.313 e. The van der Waals surface area contributed by atoms with Crippen LogP contribution in [0.4, 0.5) is 4.39 Å². The molecule has 3 heterocycles. The van der Waals surface area contributed by atoms with Crippen LogP contribution in [0.15, 0.2) is 53.8 Å². The van der Waals surface area contributed by atoms with Gasteiger partial charge in [-0.3, -0.25) is 9.89 Å². The van der Waals surface area contributed by atoms with E-state index in [0.29, 0.717) is 22.4 Å². The Bertz CT molecular complexity index is 1300. The van der Waals surface area contributed by atoms with E-state index in [-0.39, 0.29) is 11.6 Å². The van der Waals surface area contributed by atoms with Gasteiger partial charge in [-0.15, -0.1) is 0 Å². The van der Waals surface area contributed by atoms with E-state index in [0.717, 1.165) is 22.5 Å². The number of benzene rings is 1. The second-order valence-electron chi connectivity index (χ2n) is 6.53. The summed E-state index contributed by atoms with van der Waals surface area (Å²) >= 11 is 5.25. The molecule has 0 saturated carbocycles. The monoisotopic (exact) mass is 407 g/mol. The molecule has 0 unspecified atom stereocenters. The summed E-state index contributed by atoms with van der Waals surface area (Å²) in [6, 6.07) is 11.2. The van der Waals surface area contributed by atoms with Crippen molar-refractivity contribution >= 4 is 29.7 Å². The Morgan fingerprint density at radius 3 is 2.76 bits per heavy atom. The molecule has 0 bridgehead atoms. The molecular weight excluding hydrogens is 389 g/mol. The molecule has 0 aliphatic rings. The molecule has 3 aromatic heterocycles. The standard InChI is InChI=1S/C21H18FN5OS/c1-3-18-24-25-21(29)27(18)23-12-16-13(2)19(26-11-5-4-6-17(16)26)20(28)14-7-9-15(22)10-8-14/h4-12H,3H2,1-2H3,(H,25,29)/b23-12-. The number of carbonyl (C=O) groups is 1. The highest BCUT2D eigenvalue weighted by Crippen LogP contribution is 2.24. The summed E-state index contributed by atoms with van der Waals surface area (Å²) in [6.07, 6.45) is 4.20. The molecular formula is C21H18FN5OS. The van der Waals surface area contributed by atoms with Crippen LogP contribution in [0.3, 0.4) is 0 Å².